The van der Waals surface area contributed by atoms with Crippen LogP contribution in [0.4, 0.5) is 0 Å². The van der Waals surface area contributed by atoms with Crippen molar-refractivity contribution in [2.45, 2.75) is 39.5 Å². The Morgan fingerprint density at radius 1 is 1.25 bits per heavy atom. The van der Waals surface area contributed by atoms with Gasteiger partial charge in [-0.15, -0.1) is 0 Å². The van der Waals surface area contributed by atoms with Crippen molar-refractivity contribution >= 4 is 17.8 Å². The van der Waals surface area contributed by atoms with E-state index in [1.54, 1.807) is 6.08 Å². The van der Waals surface area contributed by atoms with Gasteiger partial charge in [-0.25, -0.2) is 4.90 Å². The summed E-state index contributed by atoms with van der Waals surface area (Å²) in [6, 6.07) is 0. The molecule has 0 bridgehead atoms. The molecule has 0 N–H and O–H groups in total. The van der Waals surface area contributed by atoms with Gasteiger partial charge in [0.1, 0.15) is 0 Å². The highest BCUT2D eigenvalue weighted by Gasteiger charge is 2.61. The largest absolute Gasteiger partial charge is 0.443 e. The molecule has 1 fully saturated rings. The Hall–Kier alpha value is -2.17. The number of imide groups is 1. The second kappa shape index (κ2) is 6.04. The van der Waals surface area contributed by atoms with Gasteiger partial charge in [-0.05, 0) is 37.0 Å². The summed E-state index contributed by atoms with van der Waals surface area (Å²) in [6.07, 6.45) is 8.60. The number of hydrogen-bond donors (Lipinski definition) is 0. The molecule has 0 radical (unpaired) electrons. The molecule has 1 saturated carbocycles. The molecule has 5 heteroatoms. The summed E-state index contributed by atoms with van der Waals surface area (Å²) in [6.45, 7) is 7.35. The van der Waals surface area contributed by atoms with Gasteiger partial charge < -0.3 is 4.74 Å². The van der Waals surface area contributed by atoms with Gasteiger partial charge in [0.15, 0.2) is 6.73 Å². The van der Waals surface area contributed by atoms with Crippen molar-refractivity contribution in [2.75, 3.05) is 6.73 Å². The molecular weight excluding hydrogens is 306 g/mol. The molecule has 0 aromatic rings. The quantitative estimate of drug-likeness (QED) is 0.442. The fourth-order valence-electron chi connectivity index (χ4n) is 3.82. The average molecular weight is 329 g/mol. The van der Waals surface area contributed by atoms with Crippen LogP contribution in [0.25, 0.3) is 0 Å². The zero-order chi connectivity index (χ0) is 17.5. The van der Waals surface area contributed by atoms with Gasteiger partial charge in [0.25, 0.3) is 11.8 Å². The second-order valence-corrected chi connectivity index (χ2v) is 7.24. The van der Waals surface area contributed by atoms with Crippen molar-refractivity contribution in [2.24, 2.45) is 17.3 Å². The van der Waals surface area contributed by atoms with Gasteiger partial charge in [-0.3, -0.25) is 14.4 Å². The molecule has 0 aromatic heterocycles. The predicted molar refractivity (Wildman–Crippen MR) is 88.4 cm³/mol. The molecular formula is C19H23NO4. The molecule has 3 rings (SSSR count). The number of allylic oxidation sites excluding steroid dienone is 3. The van der Waals surface area contributed by atoms with E-state index in [2.05, 4.69) is 6.58 Å². The van der Waals surface area contributed by atoms with E-state index in [1.807, 2.05) is 26.0 Å². The lowest BCUT2D eigenvalue weighted by Gasteiger charge is -2.15. The van der Waals surface area contributed by atoms with Crippen LogP contribution in [-0.4, -0.2) is 29.4 Å². The zero-order valence-electron chi connectivity index (χ0n) is 14.2. The topological polar surface area (TPSA) is 63.7 Å². The summed E-state index contributed by atoms with van der Waals surface area (Å²) >= 11 is 0. The lowest BCUT2D eigenvalue weighted by Crippen LogP contribution is -2.35. The van der Waals surface area contributed by atoms with Crippen LogP contribution in [-0.2, 0) is 19.1 Å². The number of nitrogens with zero attached hydrogens (tertiary/aromatic N) is 1. The monoisotopic (exact) mass is 329 g/mol. The highest BCUT2D eigenvalue weighted by atomic mass is 16.5. The van der Waals surface area contributed by atoms with Gasteiger partial charge in [0.2, 0.25) is 0 Å². The third-order valence-electron chi connectivity index (χ3n) is 5.43. The summed E-state index contributed by atoms with van der Waals surface area (Å²) in [4.78, 5) is 38.0. The van der Waals surface area contributed by atoms with E-state index >= 15 is 0 Å². The van der Waals surface area contributed by atoms with Crippen LogP contribution in [0.15, 0.2) is 36.0 Å². The second-order valence-electron chi connectivity index (χ2n) is 7.24. The fourth-order valence-corrected chi connectivity index (χ4v) is 3.82. The van der Waals surface area contributed by atoms with Gasteiger partial charge >= 0.3 is 5.97 Å². The molecule has 2 amide bonds. The van der Waals surface area contributed by atoms with Crippen LogP contribution in [0.1, 0.15) is 39.5 Å². The first kappa shape index (κ1) is 16.7. The average Bonchev–Trinajstić information content (AvgIpc) is 3.03. The van der Waals surface area contributed by atoms with E-state index < -0.39 is 0 Å². The number of esters is 1. The minimum absolute atomic E-state index is 0.0966. The first-order chi connectivity index (χ1) is 11.4. The molecule has 1 aliphatic heterocycles. The first-order valence-electron chi connectivity index (χ1n) is 8.43. The van der Waals surface area contributed by atoms with Gasteiger partial charge in [-0.2, -0.15) is 0 Å². The minimum atomic E-state index is -0.357. The Balaban J connectivity index is 1.60. The van der Waals surface area contributed by atoms with Crippen molar-refractivity contribution in [3.8, 4) is 0 Å². The summed E-state index contributed by atoms with van der Waals surface area (Å²) in [5.41, 5.74) is 1.05. The molecule has 2 atom stereocenters. The Labute approximate surface area is 142 Å². The maximum absolute atomic E-state index is 12.3. The summed E-state index contributed by atoms with van der Waals surface area (Å²) in [5, 5.41) is 0. The molecule has 5 nitrogen and oxygen atoms in total. The molecule has 128 valence electrons. The van der Waals surface area contributed by atoms with E-state index in [1.165, 1.54) is 0 Å². The number of carbonyl (C=O) groups is 3. The van der Waals surface area contributed by atoms with Crippen molar-refractivity contribution in [1.82, 2.24) is 4.90 Å². The SMILES string of the molecule is C=CC=CC1C(C(=O)OCN2C(=O)C3=C(CCCC3)C2=O)C1(C)C. The van der Waals surface area contributed by atoms with E-state index in [9.17, 15) is 14.4 Å². The van der Waals surface area contributed by atoms with E-state index in [0.717, 1.165) is 17.7 Å². The van der Waals surface area contributed by atoms with Crippen LogP contribution in [0.2, 0.25) is 0 Å². The number of rotatable bonds is 5. The summed E-state index contributed by atoms with van der Waals surface area (Å²) in [5.74, 6) is -1.09. The minimum Gasteiger partial charge on any atom is -0.443 e. The number of amides is 2. The fraction of sp³-hybridized carbons (Fsp3) is 0.526. The van der Waals surface area contributed by atoms with Crippen LogP contribution in [0, 0.1) is 17.3 Å². The normalized spacial score (nSPS) is 28.3. The predicted octanol–water partition coefficient (Wildman–Crippen LogP) is 2.74. The van der Waals surface area contributed by atoms with Crippen LogP contribution < -0.4 is 0 Å². The van der Waals surface area contributed by atoms with Gasteiger partial charge in [-0.1, -0.05) is 38.7 Å². The third kappa shape index (κ3) is 2.62. The smallest absolute Gasteiger partial charge is 0.311 e. The number of ether oxygens (including phenoxy) is 1. The van der Waals surface area contributed by atoms with E-state index in [-0.39, 0.29) is 41.8 Å². The molecule has 2 unspecified atom stereocenters. The third-order valence-corrected chi connectivity index (χ3v) is 5.43. The van der Waals surface area contributed by atoms with Crippen LogP contribution in [0.3, 0.4) is 0 Å². The van der Waals surface area contributed by atoms with Crippen molar-refractivity contribution in [3.05, 3.63) is 36.0 Å². The maximum Gasteiger partial charge on any atom is 0.311 e. The van der Waals surface area contributed by atoms with E-state index in [0.29, 0.717) is 24.0 Å². The molecule has 2 aliphatic carbocycles. The molecule has 1 heterocycles. The lowest BCUT2D eigenvalue weighted by molar-refractivity contribution is -0.156. The highest BCUT2D eigenvalue weighted by Crippen LogP contribution is 2.59. The number of carbonyl (C=O) groups excluding carboxylic acids is 3. The molecule has 3 aliphatic rings. The van der Waals surface area contributed by atoms with Crippen molar-refractivity contribution < 1.29 is 19.1 Å². The van der Waals surface area contributed by atoms with Crippen molar-refractivity contribution in [3.63, 3.8) is 0 Å². The molecule has 0 saturated heterocycles. The van der Waals surface area contributed by atoms with Crippen LogP contribution in [0.5, 0.6) is 0 Å². The summed E-state index contributed by atoms with van der Waals surface area (Å²) in [7, 11) is 0. The maximum atomic E-state index is 12.3. The Bertz CT molecular complexity index is 643. The Morgan fingerprint density at radius 3 is 2.38 bits per heavy atom. The summed E-state index contributed by atoms with van der Waals surface area (Å²) < 4.78 is 5.30. The van der Waals surface area contributed by atoms with Gasteiger partial charge in [0.05, 0.1) is 5.92 Å². The van der Waals surface area contributed by atoms with Crippen LogP contribution >= 0.6 is 0 Å². The van der Waals surface area contributed by atoms with Gasteiger partial charge in [0, 0.05) is 11.1 Å². The molecule has 0 aromatic carbocycles. The van der Waals surface area contributed by atoms with Crippen molar-refractivity contribution in [1.29, 1.82) is 0 Å². The lowest BCUT2D eigenvalue weighted by atomic mass is 9.93. The molecule has 24 heavy (non-hydrogen) atoms. The standard InChI is InChI=1S/C19H23NO4/c1-4-5-10-14-15(19(14,2)3)18(23)24-11-20-16(21)12-8-6-7-9-13(12)17(20)22/h4-5,10,14-15H,1,6-9,11H2,2-3H3. The molecule has 0 spiro atoms. The highest BCUT2D eigenvalue weighted by molar-refractivity contribution is 6.19. The Kier molecular flexibility index (Phi) is 4.20. The first-order valence-corrected chi connectivity index (χ1v) is 8.43. The number of hydrogen-bond acceptors (Lipinski definition) is 4. The van der Waals surface area contributed by atoms with E-state index in [4.69, 9.17) is 4.74 Å². The zero-order valence-corrected chi connectivity index (χ0v) is 14.2. The Morgan fingerprint density at radius 2 is 1.83 bits per heavy atom.